The zero-order chi connectivity index (χ0) is 19.7. The molecule has 0 aliphatic rings. The SMILES string of the molecule is Nc1n[nH]nc1-c1cccc(OCc2cc3cc(OC(F)(F)F)ccc3s2)c1. The van der Waals surface area contributed by atoms with E-state index in [2.05, 4.69) is 20.1 Å². The highest BCUT2D eigenvalue weighted by Crippen LogP contribution is 2.32. The third-order valence-corrected chi connectivity index (χ3v) is 4.93. The molecule has 2 heterocycles. The molecule has 144 valence electrons. The molecular formula is C18H13F3N4O2S. The minimum absolute atomic E-state index is 0.247. The van der Waals surface area contributed by atoms with Crippen molar-refractivity contribution in [2.45, 2.75) is 13.0 Å². The van der Waals surface area contributed by atoms with Gasteiger partial charge in [-0.1, -0.05) is 12.1 Å². The smallest absolute Gasteiger partial charge is 0.488 e. The van der Waals surface area contributed by atoms with E-state index >= 15 is 0 Å². The van der Waals surface area contributed by atoms with Crippen LogP contribution in [-0.4, -0.2) is 21.8 Å². The van der Waals surface area contributed by atoms with Crippen LogP contribution < -0.4 is 15.2 Å². The van der Waals surface area contributed by atoms with Crippen LogP contribution in [0.25, 0.3) is 21.3 Å². The van der Waals surface area contributed by atoms with Crippen molar-refractivity contribution in [3.8, 4) is 22.8 Å². The summed E-state index contributed by atoms with van der Waals surface area (Å²) in [6.45, 7) is 0.270. The van der Waals surface area contributed by atoms with E-state index in [1.54, 1.807) is 24.3 Å². The van der Waals surface area contributed by atoms with E-state index in [4.69, 9.17) is 10.5 Å². The molecule has 0 aliphatic heterocycles. The topological polar surface area (TPSA) is 86.1 Å². The number of aromatic nitrogens is 3. The van der Waals surface area contributed by atoms with Gasteiger partial charge >= 0.3 is 6.36 Å². The molecule has 4 aromatic rings. The van der Waals surface area contributed by atoms with Gasteiger partial charge in [0.15, 0.2) is 5.82 Å². The maximum absolute atomic E-state index is 12.4. The molecule has 0 unspecified atom stereocenters. The number of rotatable bonds is 5. The number of hydrogen-bond donors (Lipinski definition) is 2. The van der Waals surface area contributed by atoms with Crippen molar-refractivity contribution >= 4 is 27.2 Å². The normalized spacial score (nSPS) is 11.7. The van der Waals surface area contributed by atoms with Crippen molar-refractivity contribution < 1.29 is 22.6 Å². The third kappa shape index (κ3) is 4.01. The molecule has 0 radical (unpaired) electrons. The lowest BCUT2D eigenvalue weighted by atomic mass is 10.1. The Hall–Kier alpha value is -3.27. The Bertz CT molecular complexity index is 1120. The molecule has 4 rings (SSSR count). The summed E-state index contributed by atoms with van der Waals surface area (Å²) in [5.41, 5.74) is 7.05. The number of benzene rings is 2. The molecule has 0 spiro atoms. The second-order valence-corrected chi connectivity index (χ2v) is 7.00. The van der Waals surface area contributed by atoms with Crippen LogP contribution in [0.5, 0.6) is 11.5 Å². The molecule has 2 aromatic carbocycles. The Morgan fingerprint density at radius 3 is 2.64 bits per heavy atom. The van der Waals surface area contributed by atoms with Crippen molar-refractivity contribution in [3.63, 3.8) is 0 Å². The number of alkyl halides is 3. The number of nitrogen functional groups attached to an aromatic ring is 1. The number of ether oxygens (including phenoxy) is 2. The number of aromatic amines is 1. The molecule has 0 atom stereocenters. The Morgan fingerprint density at radius 1 is 1.04 bits per heavy atom. The van der Waals surface area contributed by atoms with E-state index in [1.807, 2.05) is 12.1 Å². The highest BCUT2D eigenvalue weighted by atomic mass is 32.1. The highest BCUT2D eigenvalue weighted by Gasteiger charge is 2.31. The van der Waals surface area contributed by atoms with E-state index in [-0.39, 0.29) is 12.4 Å². The van der Waals surface area contributed by atoms with Gasteiger partial charge in [0.05, 0.1) is 0 Å². The van der Waals surface area contributed by atoms with Gasteiger partial charge in [0.25, 0.3) is 0 Å². The van der Waals surface area contributed by atoms with Crippen LogP contribution in [0, 0.1) is 0 Å². The van der Waals surface area contributed by atoms with Gasteiger partial charge in [0, 0.05) is 15.1 Å². The minimum Gasteiger partial charge on any atom is -0.488 e. The van der Waals surface area contributed by atoms with E-state index in [0.29, 0.717) is 22.6 Å². The molecule has 0 bridgehead atoms. The lowest BCUT2D eigenvalue weighted by molar-refractivity contribution is -0.274. The van der Waals surface area contributed by atoms with Crippen molar-refractivity contribution in [1.29, 1.82) is 0 Å². The quantitative estimate of drug-likeness (QED) is 0.500. The third-order valence-electron chi connectivity index (χ3n) is 3.84. The van der Waals surface area contributed by atoms with Crippen molar-refractivity contribution in [3.05, 3.63) is 53.4 Å². The maximum atomic E-state index is 12.4. The molecule has 0 aliphatic carbocycles. The predicted molar refractivity (Wildman–Crippen MR) is 99.1 cm³/mol. The summed E-state index contributed by atoms with van der Waals surface area (Å²) < 4.78 is 47.7. The molecule has 0 fully saturated rings. The van der Waals surface area contributed by atoms with E-state index < -0.39 is 6.36 Å². The standard InChI is InChI=1S/C18H13F3N4O2S/c19-18(20,21)27-13-4-5-15-11(7-13)8-14(28-15)9-26-12-3-1-2-10(6-12)16-17(22)24-25-23-16/h1-8H,9H2,(H3,22,23,24,25). The molecular weight excluding hydrogens is 393 g/mol. The van der Waals surface area contributed by atoms with Gasteiger partial charge in [0.1, 0.15) is 23.8 Å². The predicted octanol–water partition coefficient (Wildman–Crippen LogP) is 4.75. The second kappa shape index (κ2) is 7.04. The van der Waals surface area contributed by atoms with Crippen molar-refractivity contribution in [2.24, 2.45) is 0 Å². The molecule has 0 saturated heterocycles. The first-order valence-corrected chi connectivity index (χ1v) is 8.87. The van der Waals surface area contributed by atoms with Gasteiger partial charge < -0.3 is 15.2 Å². The number of fused-ring (bicyclic) bond motifs is 1. The Morgan fingerprint density at radius 2 is 1.89 bits per heavy atom. The number of nitrogens with two attached hydrogens (primary N) is 1. The van der Waals surface area contributed by atoms with E-state index in [9.17, 15) is 13.2 Å². The summed E-state index contributed by atoms with van der Waals surface area (Å²) in [4.78, 5) is 0.866. The van der Waals surface area contributed by atoms with Crippen LogP contribution in [0.15, 0.2) is 48.5 Å². The van der Waals surface area contributed by atoms with E-state index in [0.717, 1.165) is 15.1 Å². The number of anilines is 1. The summed E-state index contributed by atoms with van der Waals surface area (Å²) in [6.07, 6.45) is -4.71. The fraction of sp³-hybridized carbons (Fsp3) is 0.111. The fourth-order valence-corrected chi connectivity index (χ4v) is 3.64. The fourth-order valence-electron chi connectivity index (χ4n) is 2.68. The first-order valence-electron chi connectivity index (χ1n) is 8.05. The second-order valence-electron chi connectivity index (χ2n) is 5.83. The van der Waals surface area contributed by atoms with Crippen LogP contribution in [0.3, 0.4) is 0 Å². The molecule has 2 aromatic heterocycles. The summed E-state index contributed by atoms with van der Waals surface area (Å²) in [7, 11) is 0. The molecule has 28 heavy (non-hydrogen) atoms. The zero-order valence-corrected chi connectivity index (χ0v) is 15.0. The van der Waals surface area contributed by atoms with Crippen LogP contribution >= 0.6 is 11.3 Å². The summed E-state index contributed by atoms with van der Waals surface area (Å²) in [6, 6.07) is 13.3. The number of thiophene rings is 1. The number of nitrogens with one attached hydrogen (secondary N) is 1. The maximum Gasteiger partial charge on any atom is 0.573 e. The summed E-state index contributed by atoms with van der Waals surface area (Å²) in [5.74, 6) is 0.653. The van der Waals surface area contributed by atoms with Crippen molar-refractivity contribution in [2.75, 3.05) is 5.73 Å². The van der Waals surface area contributed by atoms with Crippen LogP contribution in [-0.2, 0) is 6.61 Å². The van der Waals surface area contributed by atoms with Crippen molar-refractivity contribution in [1.82, 2.24) is 15.4 Å². The van der Waals surface area contributed by atoms with Gasteiger partial charge in [-0.25, -0.2) is 0 Å². The molecule has 0 saturated carbocycles. The first kappa shape index (κ1) is 18.1. The summed E-state index contributed by atoms with van der Waals surface area (Å²) >= 11 is 1.44. The van der Waals surface area contributed by atoms with Gasteiger partial charge in [0.2, 0.25) is 0 Å². The van der Waals surface area contributed by atoms with Gasteiger partial charge in [-0.05, 0) is 41.8 Å². The monoisotopic (exact) mass is 406 g/mol. The first-order chi connectivity index (χ1) is 13.4. The lowest BCUT2D eigenvalue weighted by Gasteiger charge is -2.08. The number of hydrogen-bond acceptors (Lipinski definition) is 6. The van der Waals surface area contributed by atoms with Gasteiger partial charge in [-0.3, -0.25) is 0 Å². The molecule has 3 N–H and O–H groups in total. The van der Waals surface area contributed by atoms with Crippen LogP contribution in [0.2, 0.25) is 0 Å². The Balaban J connectivity index is 1.49. The van der Waals surface area contributed by atoms with Gasteiger partial charge in [-0.15, -0.1) is 29.6 Å². The zero-order valence-electron chi connectivity index (χ0n) is 14.2. The minimum atomic E-state index is -4.71. The molecule has 0 amide bonds. The number of nitrogens with zero attached hydrogens (tertiary/aromatic N) is 2. The molecule has 6 nitrogen and oxygen atoms in total. The Labute approximate surface area is 160 Å². The molecule has 10 heteroatoms. The van der Waals surface area contributed by atoms with Crippen LogP contribution in [0.4, 0.5) is 19.0 Å². The number of H-pyrrole nitrogens is 1. The largest absolute Gasteiger partial charge is 0.573 e. The average Bonchev–Trinajstić information content (AvgIpc) is 3.24. The van der Waals surface area contributed by atoms with E-state index in [1.165, 1.54) is 23.5 Å². The Kier molecular flexibility index (Phi) is 4.55. The van der Waals surface area contributed by atoms with Gasteiger partial charge in [-0.2, -0.15) is 10.3 Å². The lowest BCUT2D eigenvalue weighted by Crippen LogP contribution is -2.16. The summed E-state index contributed by atoms with van der Waals surface area (Å²) in [5, 5.41) is 10.9. The van der Waals surface area contributed by atoms with Crippen LogP contribution in [0.1, 0.15) is 4.88 Å². The average molecular weight is 406 g/mol. The highest BCUT2D eigenvalue weighted by molar-refractivity contribution is 7.19. The number of halogens is 3.